The fourth-order valence-electron chi connectivity index (χ4n) is 3.44. The van der Waals surface area contributed by atoms with Gasteiger partial charge in [-0.2, -0.15) is 0 Å². The average molecular weight is 498 g/mol. The Morgan fingerprint density at radius 2 is 1.85 bits per heavy atom. The van der Waals surface area contributed by atoms with Gasteiger partial charge in [0.2, 0.25) is 0 Å². The van der Waals surface area contributed by atoms with E-state index in [0.717, 1.165) is 23.5 Å². The molecule has 1 N–H and O–H groups in total. The van der Waals surface area contributed by atoms with Crippen LogP contribution in [-0.2, 0) is 0 Å². The standard InChI is InChI=1S/C24H24ClN3O2S.C3H8/c1-30-20-11-12-26-23(16-20)21-15-18(7-10-22(21)25)27-24(29)17-5-8-19(9-6-17)28-13-3-2-4-14-31-28;1-3-2/h5-12,15-16H,2-4,13-14H2,1H3,(H,27,29);3H2,1-2H3. The number of halogens is 1. The topological polar surface area (TPSA) is 54.5 Å². The molecule has 0 spiro atoms. The van der Waals surface area contributed by atoms with E-state index in [1.807, 2.05) is 48.3 Å². The molecule has 180 valence electrons. The van der Waals surface area contributed by atoms with Crippen LogP contribution in [0.25, 0.3) is 11.3 Å². The van der Waals surface area contributed by atoms with Gasteiger partial charge in [0.1, 0.15) is 5.75 Å². The lowest BCUT2D eigenvalue weighted by Crippen LogP contribution is -2.15. The van der Waals surface area contributed by atoms with Crippen molar-refractivity contribution in [1.29, 1.82) is 0 Å². The van der Waals surface area contributed by atoms with Crippen LogP contribution in [-0.4, -0.2) is 30.3 Å². The van der Waals surface area contributed by atoms with Crippen molar-refractivity contribution >= 4 is 40.8 Å². The predicted molar refractivity (Wildman–Crippen MR) is 145 cm³/mol. The lowest BCUT2D eigenvalue weighted by Gasteiger charge is -2.21. The molecule has 5 nitrogen and oxygen atoms in total. The second kappa shape index (κ2) is 13.3. The Balaban J connectivity index is 0.00000103. The van der Waals surface area contributed by atoms with Gasteiger partial charge < -0.3 is 14.4 Å². The Kier molecular flexibility index (Phi) is 10.1. The summed E-state index contributed by atoms with van der Waals surface area (Å²) in [6.45, 7) is 5.29. The van der Waals surface area contributed by atoms with Crippen LogP contribution in [0.15, 0.2) is 60.8 Å². The van der Waals surface area contributed by atoms with Crippen molar-refractivity contribution in [3.63, 3.8) is 0 Å². The van der Waals surface area contributed by atoms with Crippen LogP contribution in [0.2, 0.25) is 5.02 Å². The van der Waals surface area contributed by atoms with Crippen LogP contribution < -0.4 is 14.4 Å². The molecule has 4 rings (SSSR count). The highest BCUT2D eigenvalue weighted by molar-refractivity contribution is 8.00. The fraction of sp³-hybridized carbons (Fsp3) is 0.333. The molecule has 1 saturated heterocycles. The first-order valence-corrected chi connectivity index (χ1v) is 13.0. The first-order chi connectivity index (χ1) is 16.5. The molecule has 1 amide bonds. The number of rotatable bonds is 5. The molecule has 0 atom stereocenters. The van der Waals surface area contributed by atoms with Crippen molar-refractivity contribution in [2.24, 2.45) is 0 Å². The summed E-state index contributed by atoms with van der Waals surface area (Å²) in [5, 5.41) is 3.51. The zero-order valence-electron chi connectivity index (χ0n) is 20.0. The molecular weight excluding hydrogens is 466 g/mol. The molecule has 3 aromatic rings. The van der Waals surface area contributed by atoms with E-state index in [1.165, 1.54) is 25.7 Å². The van der Waals surface area contributed by atoms with Gasteiger partial charge in [0.15, 0.2) is 0 Å². The van der Waals surface area contributed by atoms with Crippen molar-refractivity contribution in [2.75, 3.05) is 29.0 Å². The highest BCUT2D eigenvalue weighted by Crippen LogP contribution is 2.31. The van der Waals surface area contributed by atoms with Crippen molar-refractivity contribution in [3.8, 4) is 17.0 Å². The predicted octanol–water partition coefficient (Wildman–Crippen LogP) is 7.72. The molecule has 2 heterocycles. The molecule has 34 heavy (non-hydrogen) atoms. The molecule has 0 unspecified atom stereocenters. The van der Waals surface area contributed by atoms with Gasteiger partial charge in [-0.25, -0.2) is 0 Å². The minimum absolute atomic E-state index is 0.165. The minimum atomic E-state index is -0.165. The number of nitrogens with zero attached hydrogens (tertiary/aromatic N) is 2. The first-order valence-electron chi connectivity index (χ1n) is 11.7. The maximum atomic E-state index is 12.8. The van der Waals surface area contributed by atoms with Crippen molar-refractivity contribution in [1.82, 2.24) is 4.98 Å². The largest absolute Gasteiger partial charge is 0.497 e. The van der Waals surface area contributed by atoms with Gasteiger partial charge in [-0.3, -0.25) is 9.78 Å². The van der Waals surface area contributed by atoms with E-state index in [2.05, 4.69) is 28.5 Å². The summed E-state index contributed by atoms with van der Waals surface area (Å²) in [4.78, 5) is 17.2. The van der Waals surface area contributed by atoms with Crippen LogP contribution >= 0.6 is 23.5 Å². The summed E-state index contributed by atoms with van der Waals surface area (Å²) in [5.41, 5.74) is 3.81. The fourth-order valence-corrected chi connectivity index (χ4v) is 4.74. The van der Waals surface area contributed by atoms with Crippen molar-refractivity contribution < 1.29 is 9.53 Å². The van der Waals surface area contributed by atoms with Gasteiger partial charge in [-0.1, -0.05) is 38.3 Å². The smallest absolute Gasteiger partial charge is 0.255 e. The second-order valence-electron chi connectivity index (χ2n) is 7.98. The van der Waals surface area contributed by atoms with Crippen LogP contribution in [0.1, 0.15) is 49.9 Å². The second-order valence-corrected chi connectivity index (χ2v) is 9.49. The summed E-state index contributed by atoms with van der Waals surface area (Å²) in [6, 6.07) is 16.7. The lowest BCUT2D eigenvalue weighted by atomic mass is 10.1. The number of carbonyl (C=O) groups is 1. The van der Waals surface area contributed by atoms with E-state index in [1.54, 1.807) is 31.5 Å². The van der Waals surface area contributed by atoms with E-state index in [0.29, 0.717) is 27.7 Å². The Bertz CT molecular complexity index is 1070. The number of benzene rings is 2. The normalized spacial score (nSPS) is 13.4. The molecule has 7 heteroatoms. The molecule has 1 fully saturated rings. The van der Waals surface area contributed by atoms with Gasteiger partial charge in [0.05, 0.1) is 17.8 Å². The van der Waals surface area contributed by atoms with Gasteiger partial charge in [-0.15, -0.1) is 0 Å². The molecule has 1 aliphatic rings. The number of ether oxygens (including phenoxy) is 1. The maximum absolute atomic E-state index is 12.8. The summed E-state index contributed by atoms with van der Waals surface area (Å²) in [5.74, 6) is 1.67. The molecule has 0 bridgehead atoms. The minimum Gasteiger partial charge on any atom is -0.497 e. The van der Waals surface area contributed by atoms with E-state index < -0.39 is 0 Å². The van der Waals surface area contributed by atoms with Crippen LogP contribution in [0.5, 0.6) is 5.75 Å². The number of hydrogen-bond donors (Lipinski definition) is 1. The number of nitrogens with one attached hydrogen (secondary N) is 1. The van der Waals surface area contributed by atoms with E-state index in [9.17, 15) is 4.79 Å². The molecule has 0 aliphatic carbocycles. The highest BCUT2D eigenvalue weighted by Gasteiger charge is 2.13. The van der Waals surface area contributed by atoms with Crippen LogP contribution in [0.3, 0.4) is 0 Å². The zero-order valence-corrected chi connectivity index (χ0v) is 21.6. The Labute approximate surface area is 212 Å². The Morgan fingerprint density at radius 3 is 2.59 bits per heavy atom. The number of amides is 1. The van der Waals surface area contributed by atoms with E-state index in [-0.39, 0.29) is 5.91 Å². The SMILES string of the molecule is CCC.COc1ccnc(-c2cc(NC(=O)c3ccc(N4CCCCCS4)cc3)ccc2Cl)c1. The number of methoxy groups -OCH3 is 1. The molecular formula is C27H32ClN3O2S. The number of aromatic nitrogens is 1. The molecule has 0 radical (unpaired) electrons. The number of carbonyl (C=O) groups excluding carboxylic acids is 1. The average Bonchev–Trinajstić information content (AvgIpc) is 3.15. The van der Waals surface area contributed by atoms with Gasteiger partial charge in [-0.05, 0) is 73.3 Å². The third kappa shape index (κ3) is 7.15. The number of anilines is 2. The monoisotopic (exact) mass is 497 g/mol. The molecule has 0 saturated carbocycles. The van der Waals surface area contributed by atoms with Gasteiger partial charge in [0.25, 0.3) is 5.91 Å². The summed E-state index contributed by atoms with van der Waals surface area (Å²) >= 11 is 8.25. The maximum Gasteiger partial charge on any atom is 0.255 e. The van der Waals surface area contributed by atoms with E-state index in [4.69, 9.17) is 16.3 Å². The van der Waals surface area contributed by atoms with Gasteiger partial charge >= 0.3 is 0 Å². The third-order valence-corrected chi connectivity index (χ3v) is 6.64. The Hall–Kier alpha value is -2.70. The lowest BCUT2D eigenvalue weighted by molar-refractivity contribution is 0.102. The summed E-state index contributed by atoms with van der Waals surface area (Å²) < 4.78 is 7.59. The highest BCUT2D eigenvalue weighted by atomic mass is 35.5. The zero-order chi connectivity index (χ0) is 24.3. The molecule has 1 aliphatic heterocycles. The van der Waals surface area contributed by atoms with Crippen LogP contribution in [0.4, 0.5) is 11.4 Å². The van der Waals surface area contributed by atoms with Gasteiger partial charge in [0, 0.05) is 47.1 Å². The number of hydrogen-bond acceptors (Lipinski definition) is 5. The van der Waals surface area contributed by atoms with Crippen molar-refractivity contribution in [2.45, 2.75) is 39.5 Å². The van der Waals surface area contributed by atoms with Crippen LogP contribution in [0, 0.1) is 0 Å². The summed E-state index contributed by atoms with van der Waals surface area (Å²) in [6.07, 6.45) is 6.66. The third-order valence-electron chi connectivity index (χ3n) is 5.14. The quantitative estimate of drug-likeness (QED) is 0.365. The molecule has 2 aromatic carbocycles. The van der Waals surface area contributed by atoms with E-state index >= 15 is 0 Å². The van der Waals surface area contributed by atoms with Crippen molar-refractivity contribution in [3.05, 3.63) is 71.4 Å². The number of pyridine rings is 1. The Morgan fingerprint density at radius 1 is 1.09 bits per heavy atom. The summed E-state index contributed by atoms with van der Waals surface area (Å²) in [7, 11) is 1.61. The molecule has 1 aromatic heterocycles. The first kappa shape index (κ1) is 25.9.